The first-order valence-corrected chi connectivity index (χ1v) is 12.0. The molecule has 3 heterocycles. The summed E-state index contributed by atoms with van der Waals surface area (Å²) in [7, 11) is 0. The molecule has 3 saturated heterocycles. The number of nitrogens with zero attached hydrogens (tertiary/aromatic N) is 2. The number of piperidine rings is 1. The fourth-order valence-electron chi connectivity index (χ4n) is 5.48. The minimum Gasteiger partial charge on any atom is -0.381 e. The van der Waals surface area contributed by atoms with Crippen molar-refractivity contribution in [1.29, 1.82) is 0 Å². The van der Waals surface area contributed by atoms with E-state index in [-0.39, 0.29) is 11.7 Å². The van der Waals surface area contributed by atoms with Crippen molar-refractivity contribution in [2.45, 2.75) is 64.0 Å². The Morgan fingerprint density at radius 2 is 1.80 bits per heavy atom. The van der Waals surface area contributed by atoms with E-state index < -0.39 is 0 Å². The number of ether oxygens (including phenoxy) is 1. The van der Waals surface area contributed by atoms with E-state index in [1.165, 1.54) is 18.9 Å². The summed E-state index contributed by atoms with van der Waals surface area (Å²) in [6, 6.07) is 5.27. The normalized spacial score (nSPS) is 25.3. The molecular weight excluding hydrogens is 403 g/mol. The highest BCUT2D eigenvalue weighted by Gasteiger charge is 2.36. The maximum absolute atomic E-state index is 14.2. The van der Waals surface area contributed by atoms with Crippen LogP contribution in [0, 0.1) is 17.7 Å². The van der Waals surface area contributed by atoms with Gasteiger partial charge in [0.2, 0.25) is 5.91 Å². The topological polar surface area (TPSA) is 32.8 Å². The number of rotatable bonds is 4. The van der Waals surface area contributed by atoms with Gasteiger partial charge in [0.15, 0.2) is 0 Å². The quantitative estimate of drug-likeness (QED) is 0.673. The van der Waals surface area contributed by atoms with Gasteiger partial charge in [-0.25, -0.2) is 4.39 Å². The highest BCUT2D eigenvalue weighted by atomic mass is 35.5. The van der Waals surface area contributed by atoms with E-state index in [0.29, 0.717) is 48.2 Å². The van der Waals surface area contributed by atoms with E-state index in [2.05, 4.69) is 9.80 Å². The SMILES string of the molecule is O=C(C1CCOCC1)N1CCCCC[C@H]1C1CCN(Cc2c(F)cccc2Cl)CC1. The van der Waals surface area contributed by atoms with Crippen LogP contribution >= 0.6 is 11.6 Å². The second-order valence-electron chi connectivity index (χ2n) is 9.15. The fourth-order valence-corrected chi connectivity index (χ4v) is 5.70. The second kappa shape index (κ2) is 10.4. The molecule has 0 aliphatic carbocycles. The predicted octanol–water partition coefficient (Wildman–Crippen LogP) is 4.89. The fraction of sp³-hybridized carbons (Fsp3) is 0.708. The van der Waals surface area contributed by atoms with E-state index >= 15 is 0 Å². The van der Waals surface area contributed by atoms with Gasteiger partial charge in [0.05, 0.1) is 0 Å². The Bertz CT molecular complexity index is 697. The standard InChI is InChI=1S/C24H34ClFN2O2/c25-21-5-4-6-22(26)20(21)17-27-13-8-18(9-14-27)23-7-2-1-3-12-28(23)24(29)19-10-15-30-16-11-19/h4-6,18-19,23H,1-3,7-17H2/t23-/m0/s1. The largest absolute Gasteiger partial charge is 0.381 e. The Labute approximate surface area is 184 Å². The number of benzene rings is 1. The highest BCUT2D eigenvalue weighted by molar-refractivity contribution is 6.31. The predicted molar refractivity (Wildman–Crippen MR) is 117 cm³/mol. The van der Waals surface area contributed by atoms with Crippen LogP contribution < -0.4 is 0 Å². The van der Waals surface area contributed by atoms with E-state index in [1.807, 2.05) is 0 Å². The summed E-state index contributed by atoms with van der Waals surface area (Å²) in [5, 5.41) is 0.508. The van der Waals surface area contributed by atoms with Gasteiger partial charge in [-0.05, 0) is 69.7 Å². The molecule has 30 heavy (non-hydrogen) atoms. The van der Waals surface area contributed by atoms with Gasteiger partial charge in [-0.1, -0.05) is 30.5 Å². The molecule has 6 heteroatoms. The number of carbonyl (C=O) groups is 1. The van der Waals surface area contributed by atoms with Crippen LogP contribution in [0.1, 0.15) is 56.9 Å². The summed E-state index contributed by atoms with van der Waals surface area (Å²) >= 11 is 6.23. The lowest BCUT2D eigenvalue weighted by molar-refractivity contribution is -0.142. The lowest BCUT2D eigenvalue weighted by Gasteiger charge is -2.42. The van der Waals surface area contributed by atoms with Crippen molar-refractivity contribution in [2.24, 2.45) is 11.8 Å². The average molecular weight is 437 g/mol. The lowest BCUT2D eigenvalue weighted by atomic mass is 9.85. The smallest absolute Gasteiger partial charge is 0.226 e. The minimum atomic E-state index is -0.221. The molecule has 0 spiro atoms. The number of hydrogen-bond donors (Lipinski definition) is 0. The van der Waals surface area contributed by atoms with Gasteiger partial charge in [-0.15, -0.1) is 0 Å². The first kappa shape index (κ1) is 22.0. The number of amides is 1. The van der Waals surface area contributed by atoms with Crippen molar-refractivity contribution in [3.63, 3.8) is 0 Å². The van der Waals surface area contributed by atoms with Crippen LogP contribution in [0.15, 0.2) is 18.2 Å². The van der Waals surface area contributed by atoms with Crippen LogP contribution in [-0.2, 0) is 16.1 Å². The monoisotopic (exact) mass is 436 g/mol. The summed E-state index contributed by atoms with van der Waals surface area (Å²) in [6.07, 6.45) is 8.54. The van der Waals surface area contributed by atoms with Crippen LogP contribution in [0.2, 0.25) is 5.02 Å². The lowest BCUT2D eigenvalue weighted by Crippen LogP contribution is -2.50. The van der Waals surface area contributed by atoms with Crippen molar-refractivity contribution >= 4 is 17.5 Å². The zero-order valence-electron chi connectivity index (χ0n) is 17.8. The van der Waals surface area contributed by atoms with E-state index in [4.69, 9.17) is 16.3 Å². The minimum absolute atomic E-state index is 0.141. The third-order valence-electron chi connectivity index (χ3n) is 7.27. The van der Waals surface area contributed by atoms with E-state index in [9.17, 15) is 9.18 Å². The molecule has 1 aromatic carbocycles. The Hall–Kier alpha value is -1.17. The number of halogens is 2. The molecule has 0 aromatic heterocycles. The van der Waals surface area contributed by atoms with Gasteiger partial charge in [0, 0.05) is 48.8 Å². The van der Waals surface area contributed by atoms with Gasteiger partial charge in [0.1, 0.15) is 5.82 Å². The Kier molecular flexibility index (Phi) is 7.66. The number of likely N-dealkylation sites (tertiary alicyclic amines) is 2. The summed E-state index contributed by atoms with van der Waals surface area (Å²) < 4.78 is 19.6. The van der Waals surface area contributed by atoms with Crippen LogP contribution in [0.3, 0.4) is 0 Å². The molecule has 0 bridgehead atoms. The van der Waals surface area contributed by atoms with Gasteiger partial charge in [-0.3, -0.25) is 9.69 Å². The maximum atomic E-state index is 14.2. The molecule has 3 fully saturated rings. The number of carbonyl (C=O) groups excluding carboxylic acids is 1. The van der Waals surface area contributed by atoms with Crippen LogP contribution in [-0.4, -0.2) is 54.6 Å². The second-order valence-corrected chi connectivity index (χ2v) is 9.56. The highest BCUT2D eigenvalue weighted by Crippen LogP contribution is 2.33. The number of hydrogen-bond acceptors (Lipinski definition) is 3. The molecule has 0 saturated carbocycles. The zero-order valence-corrected chi connectivity index (χ0v) is 18.6. The summed E-state index contributed by atoms with van der Waals surface area (Å²) in [5.41, 5.74) is 0.600. The molecule has 0 unspecified atom stereocenters. The van der Waals surface area contributed by atoms with E-state index in [0.717, 1.165) is 58.2 Å². The van der Waals surface area contributed by atoms with E-state index in [1.54, 1.807) is 12.1 Å². The van der Waals surface area contributed by atoms with Crippen molar-refractivity contribution in [3.8, 4) is 0 Å². The first-order chi connectivity index (χ1) is 14.6. The third-order valence-corrected chi connectivity index (χ3v) is 7.63. The Morgan fingerprint density at radius 1 is 1.03 bits per heavy atom. The molecular formula is C24H34ClFN2O2. The average Bonchev–Trinajstić information content (AvgIpc) is 3.03. The summed E-state index contributed by atoms with van der Waals surface area (Å²) in [4.78, 5) is 17.9. The molecule has 166 valence electrons. The maximum Gasteiger partial charge on any atom is 0.226 e. The van der Waals surface area contributed by atoms with Gasteiger partial charge in [0.25, 0.3) is 0 Å². The molecule has 1 aromatic rings. The van der Waals surface area contributed by atoms with Gasteiger partial charge in [-0.2, -0.15) is 0 Å². The van der Waals surface area contributed by atoms with Crippen molar-refractivity contribution in [3.05, 3.63) is 34.6 Å². The molecule has 3 aliphatic heterocycles. The van der Waals surface area contributed by atoms with Crippen LogP contribution in [0.5, 0.6) is 0 Å². The molecule has 4 rings (SSSR count). The third kappa shape index (κ3) is 5.17. The first-order valence-electron chi connectivity index (χ1n) is 11.7. The van der Waals surface area contributed by atoms with Crippen molar-refractivity contribution in [2.75, 3.05) is 32.8 Å². The summed E-state index contributed by atoms with van der Waals surface area (Å²) in [5.74, 6) is 0.828. The molecule has 3 aliphatic rings. The van der Waals surface area contributed by atoms with Gasteiger partial charge >= 0.3 is 0 Å². The molecule has 1 atom stereocenters. The molecule has 0 radical (unpaired) electrons. The van der Waals surface area contributed by atoms with Crippen molar-refractivity contribution < 1.29 is 13.9 Å². The van der Waals surface area contributed by atoms with Crippen LogP contribution in [0.4, 0.5) is 4.39 Å². The Balaban J connectivity index is 1.38. The molecule has 0 N–H and O–H groups in total. The summed E-state index contributed by atoms with van der Waals surface area (Å²) in [6.45, 7) is 4.77. The van der Waals surface area contributed by atoms with Gasteiger partial charge < -0.3 is 9.64 Å². The van der Waals surface area contributed by atoms with Crippen molar-refractivity contribution in [1.82, 2.24) is 9.80 Å². The molecule has 1 amide bonds. The zero-order chi connectivity index (χ0) is 20.9. The molecule has 4 nitrogen and oxygen atoms in total. The van der Waals surface area contributed by atoms with Crippen LogP contribution in [0.25, 0.3) is 0 Å². The Morgan fingerprint density at radius 3 is 2.53 bits per heavy atom.